The van der Waals surface area contributed by atoms with Crippen molar-refractivity contribution in [3.8, 4) is 0 Å². The van der Waals surface area contributed by atoms with E-state index in [9.17, 15) is 13.6 Å². The quantitative estimate of drug-likeness (QED) is 0.827. The molecule has 0 amide bonds. The Morgan fingerprint density at radius 1 is 1.38 bits per heavy atom. The third-order valence-electron chi connectivity index (χ3n) is 2.78. The Bertz CT molecular complexity index is 416. The summed E-state index contributed by atoms with van der Waals surface area (Å²) in [4.78, 5) is 11.5. The van der Waals surface area contributed by atoms with Crippen LogP contribution in [0.1, 0.15) is 18.4 Å². The maximum Gasteiger partial charge on any atom is 0.314 e. The third kappa shape index (κ3) is 1.91. The van der Waals surface area contributed by atoms with E-state index in [4.69, 9.17) is 5.11 Å². The van der Waals surface area contributed by atoms with Gasteiger partial charge in [0.25, 0.3) is 5.76 Å². The van der Waals surface area contributed by atoms with E-state index in [0.29, 0.717) is 35.1 Å². The molecule has 1 aliphatic rings. The van der Waals surface area contributed by atoms with Crippen molar-refractivity contribution in [3.63, 3.8) is 0 Å². The first-order chi connectivity index (χ1) is 7.56. The summed E-state index contributed by atoms with van der Waals surface area (Å²) in [6.45, 7) is 0. The first kappa shape index (κ1) is 11.4. The Hall–Kier alpha value is -1.10. The van der Waals surface area contributed by atoms with Crippen LogP contribution in [0.3, 0.4) is 0 Å². The van der Waals surface area contributed by atoms with Gasteiger partial charge in [0.2, 0.25) is 0 Å². The largest absolute Gasteiger partial charge is 0.481 e. The van der Waals surface area contributed by atoms with Gasteiger partial charge in [-0.25, -0.2) is 0 Å². The number of thioether (sulfide) groups is 1. The molecule has 0 radical (unpaired) electrons. The van der Waals surface area contributed by atoms with E-state index in [2.05, 4.69) is 0 Å². The normalized spacial score (nSPS) is 17.4. The Labute approximate surface area is 95.7 Å². The van der Waals surface area contributed by atoms with Crippen LogP contribution in [0.4, 0.5) is 8.78 Å². The Morgan fingerprint density at radius 2 is 2.00 bits per heavy atom. The highest BCUT2D eigenvalue weighted by Gasteiger charge is 2.52. The lowest BCUT2D eigenvalue weighted by molar-refractivity contribution is -0.140. The van der Waals surface area contributed by atoms with Crippen molar-refractivity contribution in [1.82, 2.24) is 0 Å². The van der Waals surface area contributed by atoms with Gasteiger partial charge in [-0.3, -0.25) is 4.79 Å². The van der Waals surface area contributed by atoms with Gasteiger partial charge in [-0.1, -0.05) is 30.0 Å². The molecule has 5 heteroatoms. The van der Waals surface area contributed by atoms with Crippen molar-refractivity contribution in [2.45, 2.75) is 28.9 Å². The lowest BCUT2D eigenvalue weighted by Crippen LogP contribution is -2.20. The van der Waals surface area contributed by atoms with E-state index in [1.54, 1.807) is 24.3 Å². The Kier molecular flexibility index (Phi) is 2.88. The monoisotopic (exact) mass is 244 g/mol. The first-order valence-electron chi connectivity index (χ1n) is 4.84. The summed E-state index contributed by atoms with van der Waals surface area (Å²) < 4.78 is 24.7. The lowest BCUT2D eigenvalue weighted by atomic mass is 9.96. The maximum atomic E-state index is 12.3. The molecule has 1 fully saturated rings. The van der Waals surface area contributed by atoms with E-state index in [-0.39, 0.29) is 0 Å². The van der Waals surface area contributed by atoms with Gasteiger partial charge < -0.3 is 5.11 Å². The molecule has 1 aliphatic carbocycles. The highest BCUT2D eigenvalue weighted by molar-refractivity contribution is 7.99. The number of aliphatic carboxylic acids is 1. The zero-order valence-corrected chi connectivity index (χ0v) is 9.14. The average Bonchev–Trinajstić information content (AvgIpc) is 2.98. The van der Waals surface area contributed by atoms with Crippen LogP contribution in [0.2, 0.25) is 0 Å². The molecular weight excluding hydrogens is 234 g/mol. The fourth-order valence-corrected chi connectivity index (χ4v) is 2.52. The molecule has 0 atom stereocenters. The van der Waals surface area contributed by atoms with E-state index < -0.39 is 17.1 Å². The molecule has 16 heavy (non-hydrogen) atoms. The third-order valence-corrected chi connectivity index (χ3v) is 3.57. The van der Waals surface area contributed by atoms with Crippen molar-refractivity contribution in [2.75, 3.05) is 0 Å². The molecule has 1 aromatic rings. The molecule has 0 unspecified atom stereocenters. The first-order valence-corrected chi connectivity index (χ1v) is 5.72. The predicted molar refractivity (Wildman–Crippen MR) is 56.9 cm³/mol. The zero-order chi connectivity index (χ0) is 11.8. The van der Waals surface area contributed by atoms with Crippen LogP contribution in [-0.4, -0.2) is 16.8 Å². The van der Waals surface area contributed by atoms with Crippen LogP contribution in [0.5, 0.6) is 0 Å². The van der Waals surface area contributed by atoms with Gasteiger partial charge in [0.05, 0.1) is 5.41 Å². The predicted octanol–water partition coefficient (Wildman–Crippen LogP) is 3.12. The van der Waals surface area contributed by atoms with Crippen molar-refractivity contribution in [3.05, 3.63) is 29.8 Å². The van der Waals surface area contributed by atoms with Crippen LogP contribution < -0.4 is 0 Å². The van der Waals surface area contributed by atoms with Gasteiger partial charge >= 0.3 is 5.97 Å². The summed E-state index contributed by atoms with van der Waals surface area (Å²) in [7, 11) is 0. The number of halogens is 2. The maximum absolute atomic E-state index is 12.3. The summed E-state index contributed by atoms with van der Waals surface area (Å²) >= 11 is 0.413. The molecule has 0 spiro atoms. The molecule has 0 saturated heterocycles. The number of carbonyl (C=O) groups is 1. The number of hydrogen-bond donors (Lipinski definition) is 1. The summed E-state index contributed by atoms with van der Waals surface area (Å²) in [5.74, 6) is -3.44. The minimum absolute atomic E-state index is 0.373. The van der Waals surface area contributed by atoms with E-state index in [1.807, 2.05) is 0 Å². The molecule has 0 aromatic heterocycles. The van der Waals surface area contributed by atoms with Gasteiger partial charge in [0.1, 0.15) is 0 Å². The Morgan fingerprint density at radius 3 is 2.50 bits per heavy atom. The summed E-state index contributed by atoms with van der Waals surface area (Å²) in [6.07, 6.45) is 1.06. The molecule has 1 N–H and O–H groups in total. The summed E-state index contributed by atoms with van der Waals surface area (Å²) in [5.41, 5.74) is -0.397. The summed E-state index contributed by atoms with van der Waals surface area (Å²) in [5, 5.41) is 9.12. The molecule has 0 aliphatic heterocycles. The van der Waals surface area contributed by atoms with Gasteiger partial charge in [0, 0.05) is 4.90 Å². The molecule has 1 aromatic carbocycles. The fraction of sp³-hybridized carbons (Fsp3) is 0.364. The van der Waals surface area contributed by atoms with Gasteiger partial charge in [-0.15, -0.1) is 0 Å². The Balaban J connectivity index is 2.37. The van der Waals surface area contributed by atoms with E-state index in [1.165, 1.54) is 0 Å². The smallest absolute Gasteiger partial charge is 0.314 e. The molecular formula is C11H10F2O2S. The van der Waals surface area contributed by atoms with E-state index in [0.717, 1.165) is 0 Å². The van der Waals surface area contributed by atoms with Crippen molar-refractivity contribution in [2.24, 2.45) is 0 Å². The standard InChI is InChI=1S/C11H10F2O2S/c12-10(13)16-8-4-2-1-3-7(8)11(5-6-11)9(14)15/h1-4,10H,5-6H2,(H,14,15). The second kappa shape index (κ2) is 4.05. The fourth-order valence-electron chi connectivity index (χ4n) is 1.78. The van der Waals surface area contributed by atoms with Crippen molar-refractivity contribution in [1.29, 1.82) is 0 Å². The minimum atomic E-state index is -2.52. The average molecular weight is 244 g/mol. The lowest BCUT2D eigenvalue weighted by Gasteiger charge is -2.14. The molecule has 0 heterocycles. The van der Waals surface area contributed by atoms with Gasteiger partial charge in [0.15, 0.2) is 0 Å². The number of rotatable bonds is 4. The second-order valence-electron chi connectivity index (χ2n) is 3.76. The molecule has 2 nitrogen and oxygen atoms in total. The van der Waals surface area contributed by atoms with Crippen LogP contribution in [-0.2, 0) is 10.2 Å². The second-order valence-corrected chi connectivity index (χ2v) is 4.79. The SMILES string of the molecule is O=C(O)C1(c2ccccc2SC(F)F)CC1. The van der Waals surface area contributed by atoms with Crippen LogP contribution in [0.25, 0.3) is 0 Å². The molecule has 1 saturated carbocycles. The van der Waals surface area contributed by atoms with Gasteiger partial charge in [-0.2, -0.15) is 8.78 Å². The van der Waals surface area contributed by atoms with Crippen molar-refractivity contribution >= 4 is 17.7 Å². The summed E-state index contributed by atoms with van der Waals surface area (Å²) in [6, 6.07) is 6.51. The molecule has 0 bridgehead atoms. The zero-order valence-electron chi connectivity index (χ0n) is 8.32. The highest BCUT2D eigenvalue weighted by Crippen LogP contribution is 2.51. The van der Waals surface area contributed by atoms with Crippen molar-refractivity contribution < 1.29 is 18.7 Å². The number of hydrogen-bond acceptors (Lipinski definition) is 2. The highest BCUT2D eigenvalue weighted by atomic mass is 32.2. The van der Waals surface area contributed by atoms with E-state index >= 15 is 0 Å². The number of benzene rings is 1. The number of carboxylic acids is 1. The van der Waals surface area contributed by atoms with Crippen LogP contribution >= 0.6 is 11.8 Å². The van der Waals surface area contributed by atoms with Crippen LogP contribution in [0.15, 0.2) is 29.2 Å². The van der Waals surface area contributed by atoms with Crippen LogP contribution in [0, 0.1) is 0 Å². The van der Waals surface area contributed by atoms with Gasteiger partial charge in [-0.05, 0) is 24.5 Å². The molecule has 2 rings (SSSR count). The molecule has 86 valence electrons. The number of alkyl halides is 2. The topological polar surface area (TPSA) is 37.3 Å². The minimum Gasteiger partial charge on any atom is -0.481 e. The number of carboxylic acid groups (broad SMARTS) is 1.